The average Bonchev–Trinajstić information content (AvgIpc) is 3.05. The number of para-hydroxylation sites is 1. The van der Waals surface area contributed by atoms with Crippen LogP contribution < -0.4 is 4.74 Å². The number of carboxylic acid groups (broad SMARTS) is 1. The highest BCUT2D eigenvalue weighted by Gasteiger charge is 2.23. The fraction of sp³-hybridized carbons (Fsp3) is 0.250. The first-order chi connectivity index (χ1) is 10.7. The van der Waals surface area contributed by atoms with Gasteiger partial charge in [-0.05, 0) is 18.6 Å². The largest absolute Gasteiger partial charge is 0.496 e. The summed E-state index contributed by atoms with van der Waals surface area (Å²) in [5.74, 6) is -0.241. The number of nitrogens with zero attached hydrogens (tertiary/aromatic N) is 2. The minimum atomic E-state index is -0.953. The fourth-order valence-corrected chi connectivity index (χ4v) is 3.48. The Labute approximate surface area is 131 Å². The molecule has 0 radical (unpaired) electrons. The van der Waals surface area contributed by atoms with E-state index in [9.17, 15) is 9.90 Å². The van der Waals surface area contributed by atoms with Crippen molar-refractivity contribution in [1.82, 2.24) is 9.38 Å². The van der Waals surface area contributed by atoms with Gasteiger partial charge in [0.25, 0.3) is 0 Å². The Balaban J connectivity index is 2.29. The van der Waals surface area contributed by atoms with Gasteiger partial charge in [-0.25, -0.2) is 9.78 Å². The van der Waals surface area contributed by atoms with Crippen LogP contribution in [0, 0.1) is 0 Å². The molecule has 22 heavy (non-hydrogen) atoms. The number of thiazole rings is 1. The maximum atomic E-state index is 11.7. The van der Waals surface area contributed by atoms with E-state index in [1.54, 1.807) is 11.5 Å². The van der Waals surface area contributed by atoms with Crippen molar-refractivity contribution in [3.63, 3.8) is 0 Å². The highest BCUT2D eigenvalue weighted by molar-refractivity contribution is 7.15. The van der Waals surface area contributed by atoms with Gasteiger partial charge < -0.3 is 9.84 Å². The van der Waals surface area contributed by atoms with E-state index in [1.165, 1.54) is 11.3 Å². The molecule has 114 valence electrons. The molecule has 2 aromatic heterocycles. The number of carboxylic acids is 1. The molecule has 2 heterocycles. The molecule has 0 spiro atoms. The predicted octanol–water partition coefficient (Wildman–Crippen LogP) is 3.72. The molecular weight excluding hydrogens is 300 g/mol. The van der Waals surface area contributed by atoms with Crippen molar-refractivity contribution in [2.45, 2.75) is 19.8 Å². The number of ether oxygens (including phenoxy) is 1. The highest BCUT2D eigenvalue weighted by Crippen LogP contribution is 2.34. The summed E-state index contributed by atoms with van der Waals surface area (Å²) in [5.41, 5.74) is 2.54. The molecule has 1 N–H and O–H groups in total. The van der Waals surface area contributed by atoms with Crippen LogP contribution in [0.25, 0.3) is 16.2 Å². The molecule has 0 unspecified atom stereocenters. The van der Waals surface area contributed by atoms with Crippen molar-refractivity contribution in [2.75, 3.05) is 7.11 Å². The van der Waals surface area contributed by atoms with Crippen molar-refractivity contribution < 1.29 is 14.6 Å². The minimum Gasteiger partial charge on any atom is -0.496 e. The van der Waals surface area contributed by atoms with Crippen LogP contribution >= 0.6 is 11.3 Å². The highest BCUT2D eigenvalue weighted by atomic mass is 32.1. The number of aromatic carboxylic acids is 1. The summed E-state index contributed by atoms with van der Waals surface area (Å²) in [6.45, 7) is 2.01. The molecule has 3 rings (SSSR count). The lowest BCUT2D eigenvalue weighted by Gasteiger charge is -2.08. The van der Waals surface area contributed by atoms with Gasteiger partial charge in [-0.2, -0.15) is 0 Å². The van der Waals surface area contributed by atoms with Gasteiger partial charge in [-0.3, -0.25) is 4.40 Å². The molecule has 5 nitrogen and oxygen atoms in total. The first kappa shape index (κ1) is 14.6. The topological polar surface area (TPSA) is 63.8 Å². The average molecular weight is 316 g/mol. The normalized spacial score (nSPS) is 11.0. The Morgan fingerprint density at radius 2 is 2.18 bits per heavy atom. The summed E-state index contributed by atoms with van der Waals surface area (Å²) in [4.78, 5) is 16.9. The zero-order chi connectivity index (χ0) is 15.7. The molecule has 0 fully saturated rings. The lowest BCUT2D eigenvalue weighted by atomic mass is 10.1. The Morgan fingerprint density at radius 1 is 1.41 bits per heavy atom. The molecule has 6 heteroatoms. The van der Waals surface area contributed by atoms with Gasteiger partial charge in [0.1, 0.15) is 5.75 Å². The third kappa shape index (κ3) is 2.25. The van der Waals surface area contributed by atoms with Gasteiger partial charge in [0, 0.05) is 10.9 Å². The maximum Gasteiger partial charge on any atom is 0.354 e. The number of hydrogen-bond donors (Lipinski definition) is 1. The predicted molar refractivity (Wildman–Crippen MR) is 86.0 cm³/mol. The van der Waals surface area contributed by atoms with Crippen LogP contribution in [0.5, 0.6) is 5.75 Å². The molecule has 0 aliphatic carbocycles. The lowest BCUT2D eigenvalue weighted by Crippen LogP contribution is -2.06. The third-order valence-electron chi connectivity index (χ3n) is 3.51. The summed E-state index contributed by atoms with van der Waals surface area (Å²) in [6.07, 6.45) is 1.51. The molecule has 0 bridgehead atoms. The first-order valence-electron chi connectivity index (χ1n) is 7.02. The van der Waals surface area contributed by atoms with E-state index in [-0.39, 0.29) is 5.69 Å². The number of rotatable bonds is 5. The number of aryl methyl sites for hydroxylation is 1. The van der Waals surface area contributed by atoms with Gasteiger partial charge in [-0.1, -0.05) is 25.5 Å². The van der Waals surface area contributed by atoms with Gasteiger partial charge >= 0.3 is 5.97 Å². The van der Waals surface area contributed by atoms with E-state index in [4.69, 9.17) is 4.74 Å². The van der Waals surface area contributed by atoms with E-state index in [2.05, 4.69) is 4.98 Å². The molecule has 0 saturated heterocycles. The fourth-order valence-electron chi connectivity index (χ4n) is 2.58. The number of hydrogen-bond acceptors (Lipinski definition) is 4. The van der Waals surface area contributed by atoms with Crippen LogP contribution in [0.2, 0.25) is 0 Å². The number of benzene rings is 1. The molecule has 0 amide bonds. The van der Waals surface area contributed by atoms with E-state index in [0.29, 0.717) is 22.8 Å². The molecule has 0 aliphatic heterocycles. The molecule has 0 atom stereocenters. The summed E-state index contributed by atoms with van der Waals surface area (Å²) in [7, 11) is 1.61. The van der Waals surface area contributed by atoms with E-state index < -0.39 is 5.97 Å². The number of carbonyl (C=O) groups is 1. The minimum absolute atomic E-state index is 0.249. The zero-order valence-corrected chi connectivity index (χ0v) is 13.2. The second kappa shape index (κ2) is 5.81. The van der Waals surface area contributed by atoms with Crippen LogP contribution in [0.1, 0.15) is 29.5 Å². The van der Waals surface area contributed by atoms with Gasteiger partial charge in [0.15, 0.2) is 10.7 Å². The number of fused-ring (bicyclic) bond motifs is 1. The standard InChI is InChI=1S/C16H16N2O3S/c1-3-6-11-14(15(19)20)18-12(9-22-16(18)17-11)10-7-4-5-8-13(10)21-2/h4-5,7-9H,3,6H2,1-2H3,(H,19,20). The van der Waals surface area contributed by atoms with Crippen molar-refractivity contribution in [3.05, 3.63) is 41.0 Å². The Hall–Kier alpha value is -2.34. The van der Waals surface area contributed by atoms with Gasteiger partial charge in [0.2, 0.25) is 0 Å². The Bertz CT molecular complexity index is 835. The number of aromatic nitrogens is 2. The summed E-state index contributed by atoms with van der Waals surface area (Å²) < 4.78 is 7.11. The van der Waals surface area contributed by atoms with Crippen LogP contribution in [-0.2, 0) is 6.42 Å². The maximum absolute atomic E-state index is 11.7. The van der Waals surface area contributed by atoms with Crippen molar-refractivity contribution >= 4 is 22.3 Å². The SMILES string of the molecule is CCCc1nc2scc(-c3ccccc3OC)n2c1C(=O)O. The third-order valence-corrected chi connectivity index (χ3v) is 4.33. The van der Waals surface area contributed by atoms with Crippen LogP contribution in [0.15, 0.2) is 29.6 Å². The Morgan fingerprint density at radius 3 is 2.86 bits per heavy atom. The van der Waals surface area contributed by atoms with Gasteiger partial charge in [-0.15, -0.1) is 11.3 Å². The summed E-state index contributed by atoms with van der Waals surface area (Å²) in [6, 6.07) is 7.58. The molecule has 0 aliphatic rings. The molecule has 0 saturated carbocycles. The van der Waals surface area contributed by atoms with Crippen molar-refractivity contribution in [2.24, 2.45) is 0 Å². The quantitative estimate of drug-likeness (QED) is 0.779. The van der Waals surface area contributed by atoms with Crippen molar-refractivity contribution in [1.29, 1.82) is 0 Å². The molecule has 1 aromatic carbocycles. The summed E-state index contributed by atoms with van der Waals surface area (Å²) >= 11 is 1.44. The van der Waals surface area contributed by atoms with Crippen molar-refractivity contribution in [3.8, 4) is 17.0 Å². The van der Waals surface area contributed by atoms with Gasteiger partial charge in [0.05, 0.1) is 18.5 Å². The Kier molecular flexibility index (Phi) is 3.85. The second-order valence-corrected chi connectivity index (χ2v) is 5.74. The second-order valence-electron chi connectivity index (χ2n) is 4.90. The van der Waals surface area contributed by atoms with E-state index in [1.807, 2.05) is 36.6 Å². The van der Waals surface area contributed by atoms with E-state index in [0.717, 1.165) is 17.7 Å². The molecule has 3 aromatic rings. The monoisotopic (exact) mass is 316 g/mol. The lowest BCUT2D eigenvalue weighted by molar-refractivity contribution is 0.0688. The molecular formula is C16H16N2O3S. The zero-order valence-electron chi connectivity index (χ0n) is 12.4. The first-order valence-corrected chi connectivity index (χ1v) is 7.90. The summed E-state index contributed by atoms with van der Waals surface area (Å²) in [5, 5.41) is 11.5. The van der Waals surface area contributed by atoms with E-state index >= 15 is 0 Å². The number of methoxy groups -OCH3 is 1. The van der Waals surface area contributed by atoms with Crippen LogP contribution in [0.3, 0.4) is 0 Å². The smallest absolute Gasteiger partial charge is 0.354 e. The number of imidazole rings is 1. The van der Waals surface area contributed by atoms with Crippen LogP contribution in [0.4, 0.5) is 0 Å². The van der Waals surface area contributed by atoms with Crippen LogP contribution in [-0.4, -0.2) is 27.6 Å².